The summed E-state index contributed by atoms with van der Waals surface area (Å²) in [4.78, 5) is 2.35. The first-order chi connectivity index (χ1) is 17.0. The number of hydrogen-bond donors (Lipinski definition) is 2. The number of benzene rings is 2. The van der Waals surface area contributed by atoms with E-state index in [4.69, 9.17) is 9.47 Å². The number of hydrogen-bond acceptors (Lipinski definition) is 6. The normalized spacial score (nSPS) is 19.9. The number of fused-ring (bicyclic) bond motifs is 1. The summed E-state index contributed by atoms with van der Waals surface area (Å²) in [7, 11) is 3.14. The maximum absolute atomic E-state index is 14.2. The number of nitrogens with one attached hydrogen (secondary N) is 2. The molecular weight excluding hydrogens is 452 g/mol. The van der Waals surface area contributed by atoms with Crippen LogP contribution in [0.1, 0.15) is 29.6 Å². The third-order valence-electron chi connectivity index (χ3n) is 6.92. The maximum Gasteiger partial charge on any atom is 0.260 e. The van der Waals surface area contributed by atoms with E-state index in [2.05, 4.69) is 32.8 Å². The minimum Gasteiger partial charge on any atom is -0.493 e. The van der Waals surface area contributed by atoms with Crippen molar-refractivity contribution in [2.45, 2.75) is 31.9 Å². The third-order valence-corrected chi connectivity index (χ3v) is 6.92. The van der Waals surface area contributed by atoms with Crippen molar-refractivity contribution in [3.63, 3.8) is 0 Å². The molecular formula is C26H31F2N5O2. The Kier molecular flexibility index (Phi) is 6.51. The van der Waals surface area contributed by atoms with Crippen molar-refractivity contribution in [2.24, 2.45) is 0 Å². The van der Waals surface area contributed by atoms with Gasteiger partial charge in [-0.15, -0.1) is 0 Å². The van der Waals surface area contributed by atoms with E-state index in [0.29, 0.717) is 23.0 Å². The molecule has 0 radical (unpaired) electrons. The van der Waals surface area contributed by atoms with Gasteiger partial charge >= 0.3 is 0 Å². The van der Waals surface area contributed by atoms with Crippen LogP contribution in [0, 0.1) is 6.92 Å². The SMILES string of the molecule is COc1ccc(C2CC(C(F)F)n3nc(-c4ccc(N5CCNCC5)cc4C)cc3N2)cc1OC. The molecule has 186 valence electrons. The number of nitrogens with zero attached hydrogens (tertiary/aromatic N) is 3. The van der Waals surface area contributed by atoms with Crippen LogP contribution in [0.4, 0.5) is 20.3 Å². The van der Waals surface area contributed by atoms with Crippen LogP contribution in [-0.2, 0) is 0 Å². The molecule has 0 amide bonds. The van der Waals surface area contributed by atoms with E-state index in [1.165, 1.54) is 10.4 Å². The zero-order valence-corrected chi connectivity index (χ0v) is 20.2. The van der Waals surface area contributed by atoms with Gasteiger partial charge in [0.05, 0.1) is 26.0 Å². The van der Waals surface area contributed by atoms with Crippen LogP contribution in [0.2, 0.25) is 0 Å². The maximum atomic E-state index is 14.2. The zero-order valence-electron chi connectivity index (χ0n) is 20.2. The van der Waals surface area contributed by atoms with Crippen molar-refractivity contribution < 1.29 is 18.3 Å². The highest BCUT2D eigenvalue weighted by molar-refractivity contribution is 5.70. The monoisotopic (exact) mass is 483 g/mol. The highest BCUT2D eigenvalue weighted by atomic mass is 19.3. The molecule has 2 aliphatic heterocycles. The summed E-state index contributed by atoms with van der Waals surface area (Å²) in [6.07, 6.45) is -2.33. The van der Waals surface area contributed by atoms with Gasteiger partial charge in [0, 0.05) is 43.5 Å². The summed E-state index contributed by atoms with van der Waals surface area (Å²) in [6.45, 7) is 5.92. The van der Waals surface area contributed by atoms with Gasteiger partial charge in [0.15, 0.2) is 11.5 Å². The zero-order chi connectivity index (χ0) is 24.5. The number of alkyl halides is 2. The molecule has 35 heavy (non-hydrogen) atoms. The molecule has 2 atom stereocenters. The van der Waals surface area contributed by atoms with Crippen LogP contribution in [-0.4, -0.2) is 56.6 Å². The largest absolute Gasteiger partial charge is 0.493 e. The fourth-order valence-corrected chi connectivity index (χ4v) is 5.02. The second kappa shape index (κ2) is 9.73. The van der Waals surface area contributed by atoms with Gasteiger partial charge in [-0.05, 0) is 48.7 Å². The van der Waals surface area contributed by atoms with Gasteiger partial charge in [-0.25, -0.2) is 13.5 Å². The van der Waals surface area contributed by atoms with Gasteiger partial charge in [-0.1, -0.05) is 12.1 Å². The van der Waals surface area contributed by atoms with E-state index >= 15 is 0 Å². The highest BCUT2D eigenvalue weighted by Crippen LogP contribution is 2.42. The van der Waals surface area contributed by atoms with Crippen molar-refractivity contribution in [1.29, 1.82) is 0 Å². The number of anilines is 2. The predicted octanol–water partition coefficient (Wildman–Crippen LogP) is 4.65. The van der Waals surface area contributed by atoms with Gasteiger partial charge in [0.1, 0.15) is 11.9 Å². The van der Waals surface area contributed by atoms with Crippen LogP contribution >= 0.6 is 0 Å². The molecule has 2 aromatic carbocycles. The molecule has 0 bridgehead atoms. The Hall–Kier alpha value is -3.33. The Morgan fingerprint density at radius 3 is 2.46 bits per heavy atom. The van der Waals surface area contributed by atoms with E-state index in [1.807, 2.05) is 31.2 Å². The second-order valence-corrected chi connectivity index (χ2v) is 9.04. The Morgan fingerprint density at radius 1 is 1.00 bits per heavy atom. The van der Waals surface area contributed by atoms with Crippen molar-refractivity contribution in [2.75, 3.05) is 50.6 Å². The number of aromatic nitrogens is 2. The molecule has 2 aliphatic rings. The molecule has 1 fully saturated rings. The summed E-state index contributed by atoms with van der Waals surface area (Å²) >= 11 is 0. The molecule has 0 aliphatic carbocycles. The van der Waals surface area contributed by atoms with Crippen LogP contribution in [0.25, 0.3) is 11.3 Å². The summed E-state index contributed by atoms with van der Waals surface area (Å²) < 4.78 is 40.5. The van der Waals surface area contributed by atoms with Crippen LogP contribution in [0.3, 0.4) is 0 Å². The lowest BCUT2D eigenvalue weighted by atomic mass is 9.97. The van der Waals surface area contributed by atoms with Gasteiger partial charge in [0.25, 0.3) is 6.43 Å². The standard InChI is InChI=1S/C26H31F2N5O2/c1-16-12-18(32-10-8-29-9-11-32)5-6-19(16)21-15-25-30-20(14-22(26(27)28)33(25)31-21)17-4-7-23(34-2)24(13-17)35-3/h4-7,12-13,15,20,22,26,29-30H,8-11,14H2,1-3H3. The van der Waals surface area contributed by atoms with E-state index < -0.39 is 12.5 Å². The average Bonchev–Trinajstić information content (AvgIpc) is 3.31. The van der Waals surface area contributed by atoms with Gasteiger partial charge < -0.3 is 25.0 Å². The summed E-state index contributed by atoms with van der Waals surface area (Å²) in [5.74, 6) is 1.76. The molecule has 3 heterocycles. The van der Waals surface area contributed by atoms with Gasteiger partial charge in [-0.2, -0.15) is 5.10 Å². The Labute approximate surface area is 204 Å². The fraction of sp³-hybridized carbons (Fsp3) is 0.423. The fourth-order valence-electron chi connectivity index (χ4n) is 5.02. The minimum atomic E-state index is -2.54. The smallest absolute Gasteiger partial charge is 0.260 e. The number of piperazine rings is 1. The summed E-state index contributed by atoms with van der Waals surface area (Å²) in [5.41, 5.74) is 4.74. The van der Waals surface area contributed by atoms with Crippen LogP contribution in [0.5, 0.6) is 11.5 Å². The topological polar surface area (TPSA) is 63.6 Å². The first-order valence-electron chi connectivity index (χ1n) is 11.9. The molecule has 0 spiro atoms. The van der Waals surface area contributed by atoms with E-state index in [0.717, 1.165) is 42.9 Å². The summed E-state index contributed by atoms with van der Waals surface area (Å²) in [5, 5.41) is 11.4. The van der Waals surface area contributed by atoms with E-state index in [9.17, 15) is 8.78 Å². The van der Waals surface area contributed by atoms with Gasteiger partial charge in [0.2, 0.25) is 0 Å². The molecule has 7 nitrogen and oxygen atoms in total. The second-order valence-electron chi connectivity index (χ2n) is 9.04. The molecule has 2 N–H and O–H groups in total. The molecule has 9 heteroatoms. The average molecular weight is 484 g/mol. The molecule has 1 saturated heterocycles. The number of rotatable bonds is 6. The van der Waals surface area contributed by atoms with Gasteiger partial charge in [-0.3, -0.25) is 0 Å². The number of aryl methyl sites for hydroxylation is 1. The lowest BCUT2D eigenvalue weighted by molar-refractivity contribution is 0.0659. The Balaban J connectivity index is 1.45. The van der Waals surface area contributed by atoms with Crippen molar-refractivity contribution in [3.05, 3.63) is 53.6 Å². The quantitative estimate of drug-likeness (QED) is 0.532. The van der Waals surface area contributed by atoms with Crippen LogP contribution in [0.15, 0.2) is 42.5 Å². The third kappa shape index (κ3) is 4.52. The Morgan fingerprint density at radius 2 is 1.77 bits per heavy atom. The van der Waals surface area contributed by atoms with Crippen LogP contribution < -0.4 is 25.0 Å². The highest BCUT2D eigenvalue weighted by Gasteiger charge is 2.35. The number of methoxy groups -OCH3 is 2. The molecule has 5 rings (SSSR count). The molecule has 0 saturated carbocycles. The molecule has 1 aromatic heterocycles. The molecule has 2 unspecified atom stereocenters. The Bertz CT molecular complexity index is 1190. The van der Waals surface area contributed by atoms with E-state index in [-0.39, 0.29) is 12.5 Å². The first kappa shape index (κ1) is 23.4. The molecule has 3 aromatic rings. The number of halogens is 2. The lowest BCUT2D eigenvalue weighted by Gasteiger charge is -2.32. The summed E-state index contributed by atoms with van der Waals surface area (Å²) in [6, 6.07) is 12.4. The predicted molar refractivity (Wildman–Crippen MR) is 133 cm³/mol. The van der Waals surface area contributed by atoms with Crippen molar-refractivity contribution in [1.82, 2.24) is 15.1 Å². The van der Waals surface area contributed by atoms with Crippen molar-refractivity contribution in [3.8, 4) is 22.8 Å². The van der Waals surface area contributed by atoms with E-state index in [1.54, 1.807) is 20.3 Å². The minimum absolute atomic E-state index is 0.211. The van der Waals surface area contributed by atoms with Crippen molar-refractivity contribution >= 4 is 11.5 Å². The number of ether oxygens (including phenoxy) is 2. The lowest BCUT2D eigenvalue weighted by Crippen LogP contribution is -2.43. The first-order valence-corrected chi connectivity index (χ1v) is 11.9.